The largest absolute Gasteiger partial charge is 0.573 e. The first kappa shape index (κ1) is 30.2. The predicted molar refractivity (Wildman–Crippen MR) is 166 cm³/mol. The number of thiocarbonyl (C=S) groups is 1. The second-order valence-electron chi connectivity index (χ2n) is 9.86. The normalized spacial score (nSPS) is 14.5. The molecule has 0 unspecified atom stereocenters. The highest BCUT2D eigenvalue weighted by molar-refractivity contribution is 8.15. The van der Waals surface area contributed by atoms with Gasteiger partial charge in [0.2, 0.25) is 5.91 Å². The minimum atomic E-state index is -4.75. The van der Waals surface area contributed by atoms with Gasteiger partial charge >= 0.3 is 6.36 Å². The summed E-state index contributed by atoms with van der Waals surface area (Å²) in [4.78, 5) is 23.2. The number of benzene rings is 3. The minimum absolute atomic E-state index is 0.0208. The zero-order chi connectivity index (χ0) is 30.6. The lowest BCUT2D eigenvalue weighted by Gasteiger charge is -2.21. The molecule has 8 nitrogen and oxygen atoms in total. The molecule has 0 bridgehead atoms. The molecule has 0 saturated carbocycles. The Balaban J connectivity index is 1.16. The number of amides is 1. The molecule has 0 radical (unpaired) electrons. The summed E-state index contributed by atoms with van der Waals surface area (Å²) in [5.41, 5.74) is 4.30. The highest BCUT2D eigenvalue weighted by Crippen LogP contribution is 2.33. The number of carbonyl (C=O) groups is 1. The number of halogens is 3. The van der Waals surface area contributed by atoms with Crippen molar-refractivity contribution in [3.8, 4) is 22.8 Å². The molecule has 43 heavy (non-hydrogen) atoms. The van der Waals surface area contributed by atoms with E-state index in [1.807, 2.05) is 48.5 Å². The third-order valence-electron chi connectivity index (χ3n) is 6.49. The standard InChI is InChI=1S/C30H27F3N6O2S2/c1-19(2)24-5-3-4-6-25(24)39-26(40)17-43-29(39)36-28(42)34-16-15-20-7-9-21(10-8-20)27-35-18-38(37-27)22-11-13-23(14-12-22)41-30(31,32)33/h3-14,18-19H,15-17H2,1-2H3,(H,34,42). The number of carbonyl (C=O) groups excluding carboxylic acids is 1. The Kier molecular flexibility index (Phi) is 9.11. The van der Waals surface area contributed by atoms with Crippen LogP contribution in [0.2, 0.25) is 0 Å². The first-order valence-electron chi connectivity index (χ1n) is 13.4. The molecule has 1 aliphatic heterocycles. The molecule has 0 aliphatic carbocycles. The zero-order valence-electron chi connectivity index (χ0n) is 23.2. The van der Waals surface area contributed by atoms with Crippen LogP contribution >= 0.6 is 24.0 Å². The van der Waals surface area contributed by atoms with Gasteiger partial charge < -0.3 is 10.1 Å². The maximum Gasteiger partial charge on any atom is 0.573 e. The van der Waals surface area contributed by atoms with Crippen molar-refractivity contribution >= 4 is 45.9 Å². The SMILES string of the molecule is CC(C)c1ccccc1N1C(=O)CSC1=NC(=S)NCCc1ccc(-c2ncn(-c3ccc(OC(F)(F)F)cc3)n2)cc1. The quantitative estimate of drug-likeness (QED) is 0.224. The molecule has 0 spiro atoms. The summed E-state index contributed by atoms with van der Waals surface area (Å²) >= 11 is 6.84. The third-order valence-corrected chi connectivity index (χ3v) is 7.65. The average molecular weight is 625 g/mol. The second-order valence-corrected chi connectivity index (χ2v) is 11.2. The van der Waals surface area contributed by atoms with Crippen LogP contribution < -0.4 is 15.0 Å². The molecule has 3 aromatic carbocycles. The molecule has 13 heteroatoms. The Morgan fingerprint density at radius 2 is 1.81 bits per heavy atom. The van der Waals surface area contributed by atoms with E-state index in [4.69, 9.17) is 12.2 Å². The molecule has 2 heterocycles. The minimum Gasteiger partial charge on any atom is -0.406 e. The molecular weight excluding hydrogens is 597 g/mol. The maximum absolute atomic E-state index is 12.7. The van der Waals surface area contributed by atoms with E-state index in [1.54, 1.807) is 4.90 Å². The number of alkyl halides is 3. The van der Waals surface area contributed by atoms with E-state index >= 15 is 0 Å². The van der Waals surface area contributed by atoms with E-state index in [0.717, 1.165) is 22.4 Å². The van der Waals surface area contributed by atoms with E-state index < -0.39 is 6.36 Å². The Labute approximate surface area is 256 Å². The van der Waals surface area contributed by atoms with Crippen LogP contribution in [0.4, 0.5) is 18.9 Å². The Morgan fingerprint density at radius 1 is 1.09 bits per heavy atom. The number of anilines is 1. The van der Waals surface area contributed by atoms with Crippen molar-refractivity contribution in [2.24, 2.45) is 4.99 Å². The summed E-state index contributed by atoms with van der Waals surface area (Å²) in [6, 6.07) is 20.9. The second kappa shape index (κ2) is 13.0. The summed E-state index contributed by atoms with van der Waals surface area (Å²) in [6.45, 7) is 4.74. The van der Waals surface area contributed by atoms with E-state index in [9.17, 15) is 18.0 Å². The summed E-state index contributed by atoms with van der Waals surface area (Å²) in [7, 11) is 0. The van der Waals surface area contributed by atoms with Gasteiger partial charge in [0, 0.05) is 12.1 Å². The van der Waals surface area contributed by atoms with Crippen molar-refractivity contribution in [3.05, 3.63) is 90.3 Å². The number of hydrogen-bond donors (Lipinski definition) is 1. The van der Waals surface area contributed by atoms with Crippen molar-refractivity contribution in [1.82, 2.24) is 20.1 Å². The number of ether oxygens (including phenoxy) is 1. The molecule has 0 atom stereocenters. The van der Waals surface area contributed by atoms with E-state index in [2.05, 4.69) is 39.0 Å². The first-order chi connectivity index (χ1) is 20.6. The molecule has 5 rings (SSSR count). The molecule has 1 saturated heterocycles. The van der Waals surface area contributed by atoms with Crippen LogP contribution in [0.15, 0.2) is 84.1 Å². The van der Waals surface area contributed by atoms with Gasteiger partial charge in [-0.25, -0.2) is 9.67 Å². The van der Waals surface area contributed by atoms with Gasteiger partial charge in [0.1, 0.15) is 12.1 Å². The van der Waals surface area contributed by atoms with Crippen LogP contribution in [-0.4, -0.2) is 49.6 Å². The predicted octanol–water partition coefficient (Wildman–Crippen LogP) is 6.51. The van der Waals surface area contributed by atoms with E-state index in [1.165, 1.54) is 47.0 Å². The molecule has 1 aliphatic rings. The Bertz CT molecular complexity index is 1640. The van der Waals surface area contributed by atoms with Gasteiger partial charge in [0.15, 0.2) is 16.1 Å². The van der Waals surface area contributed by atoms with Crippen molar-refractivity contribution in [3.63, 3.8) is 0 Å². The molecule has 222 valence electrons. The van der Waals surface area contributed by atoms with Crippen molar-refractivity contribution in [1.29, 1.82) is 0 Å². The number of rotatable bonds is 8. The van der Waals surface area contributed by atoms with Crippen molar-refractivity contribution < 1.29 is 22.7 Å². The van der Waals surface area contributed by atoms with Gasteiger partial charge in [-0.05, 0) is 66.0 Å². The third kappa shape index (κ3) is 7.59. The van der Waals surface area contributed by atoms with Gasteiger partial charge in [-0.3, -0.25) is 9.69 Å². The van der Waals surface area contributed by atoms with Crippen LogP contribution in [0.5, 0.6) is 5.75 Å². The number of nitrogens with one attached hydrogen (secondary N) is 1. The molecule has 1 amide bonds. The summed E-state index contributed by atoms with van der Waals surface area (Å²) in [6.07, 6.45) is -2.57. The van der Waals surface area contributed by atoms with Gasteiger partial charge in [-0.2, -0.15) is 4.99 Å². The zero-order valence-corrected chi connectivity index (χ0v) is 24.8. The Morgan fingerprint density at radius 3 is 2.51 bits per heavy atom. The average Bonchev–Trinajstić information content (AvgIpc) is 3.60. The summed E-state index contributed by atoms with van der Waals surface area (Å²) in [5, 5.41) is 8.48. The fraction of sp³-hybridized carbons (Fsp3) is 0.233. The van der Waals surface area contributed by atoms with Gasteiger partial charge in [0.05, 0.1) is 17.1 Å². The molecule has 1 aromatic heterocycles. The summed E-state index contributed by atoms with van der Waals surface area (Å²) in [5.74, 6) is 0.714. The van der Waals surface area contributed by atoms with Crippen LogP contribution in [0, 0.1) is 0 Å². The van der Waals surface area contributed by atoms with Crippen LogP contribution in [0.3, 0.4) is 0 Å². The molecule has 1 N–H and O–H groups in total. The molecular formula is C30H27F3N6O2S2. The smallest absolute Gasteiger partial charge is 0.406 e. The van der Waals surface area contributed by atoms with E-state index in [-0.39, 0.29) is 17.6 Å². The van der Waals surface area contributed by atoms with Crippen LogP contribution in [0.1, 0.15) is 30.9 Å². The maximum atomic E-state index is 12.7. The fourth-order valence-corrected chi connectivity index (χ4v) is 5.56. The topological polar surface area (TPSA) is 84.6 Å². The monoisotopic (exact) mass is 624 g/mol. The lowest BCUT2D eigenvalue weighted by Crippen LogP contribution is -2.32. The number of thioether (sulfide) groups is 1. The number of aliphatic imine (C=N–C) groups is 1. The molecule has 4 aromatic rings. The van der Waals surface area contributed by atoms with Gasteiger partial charge in [0.25, 0.3) is 0 Å². The molecule has 1 fully saturated rings. The van der Waals surface area contributed by atoms with Crippen molar-refractivity contribution in [2.45, 2.75) is 32.5 Å². The Hall–Kier alpha value is -4.23. The van der Waals surface area contributed by atoms with Gasteiger partial charge in [-0.15, -0.1) is 18.3 Å². The summed E-state index contributed by atoms with van der Waals surface area (Å²) < 4.78 is 42.6. The number of nitrogens with zero attached hydrogens (tertiary/aromatic N) is 5. The number of hydrogen-bond acceptors (Lipinski definition) is 6. The van der Waals surface area contributed by atoms with Crippen LogP contribution in [0.25, 0.3) is 17.1 Å². The number of amidine groups is 1. The fourth-order valence-electron chi connectivity index (χ4n) is 4.44. The van der Waals surface area contributed by atoms with Gasteiger partial charge in [-0.1, -0.05) is 68.1 Å². The highest BCUT2D eigenvalue weighted by atomic mass is 32.2. The number of aromatic nitrogens is 3. The van der Waals surface area contributed by atoms with E-state index in [0.29, 0.717) is 40.5 Å². The first-order valence-corrected chi connectivity index (χ1v) is 14.7. The lowest BCUT2D eigenvalue weighted by molar-refractivity contribution is -0.274. The number of para-hydroxylation sites is 1. The van der Waals surface area contributed by atoms with Crippen molar-refractivity contribution in [2.75, 3.05) is 17.2 Å². The van der Waals surface area contributed by atoms with Crippen LogP contribution in [-0.2, 0) is 11.2 Å². The highest BCUT2D eigenvalue weighted by Gasteiger charge is 2.32. The lowest BCUT2D eigenvalue weighted by atomic mass is 10.0.